The number of aromatic hydroxyl groups is 1. The standard InChI is InChI=1S/C27H22N4O5/c1-35-26(33)22-21(16-7-4-3-5-8-16)19(15-28)25(29)31(24(22)27(34)36-2)18-12-10-17(11-13-18)23-20(32)9-6-14-30-23/h3-14,21,32H,29H2,1-2H3. The van der Waals surface area contributed by atoms with Crippen LogP contribution in [0.25, 0.3) is 11.3 Å². The number of rotatable bonds is 5. The van der Waals surface area contributed by atoms with Crippen molar-refractivity contribution in [1.29, 1.82) is 5.26 Å². The molecule has 1 atom stereocenters. The van der Waals surface area contributed by atoms with E-state index in [-0.39, 0.29) is 28.4 Å². The molecule has 1 aliphatic heterocycles. The highest BCUT2D eigenvalue weighted by atomic mass is 16.5. The molecule has 0 bridgehead atoms. The Bertz CT molecular complexity index is 1420. The van der Waals surface area contributed by atoms with E-state index in [1.165, 1.54) is 25.2 Å². The third-order valence-electron chi connectivity index (χ3n) is 5.80. The number of benzene rings is 2. The maximum absolute atomic E-state index is 13.1. The molecule has 9 nitrogen and oxygen atoms in total. The van der Waals surface area contributed by atoms with Crippen molar-refractivity contribution in [3.05, 3.63) is 101 Å². The number of methoxy groups -OCH3 is 2. The fourth-order valence-corrected chi connectivity index (χ4v) is 4.17. The summed E-state index contributed by atoms with van der Waals surface area (Å²) < 4.78 is 10.1. The molecule has 1 aromatic heterocycles. The second-order valence-electron chi connectivity index (χ2n) is 7.75. The predicted molar refractivity (Wildman–Crippen MR) is 131 cm³/mol. The number of aromatic nitrogens is 1. The summed E-state index contributed by atoms with van der Waals surface area (Å²) in [6.45, 7) is 0. The summed E-state index contributed by atoms with van der Waals surface area (Å²) in [5.41, 5.74) is 8.26. The number of esters is 2. The van der Waals surface area contributed by atoms with E-state index in [2.05, 4.69) is 11.1 Å². The van der Waals surface area contributed by atoms with Gasteiger partial charge in [0.2, 0.25) is 0 Å². The third kappa shape index (κ3) is 4.12. The molecule has 1 unspecified atom stereocenters. The first-order chi connectivity index (χ1) is 17.4. The lowest BCUT2D eigenvalue weighted by Crippen LogP contribution is -2.40. The molecule has 9 heteroatoms. The van der Waals surface area contributed by atoms with Gasteiger partial charge in [0.1, 0.15) is 23.0 Å². The molecule has 3 N–H and O–H groups in total. The molecule has 0 spiro atoms. The largest absolute Gasteiger partial charge is 0.506 e. The van der Waals surface area contributed by atoms with E-state index in [9.17, 15) is 20.0 Å². The Morgan fingerprint density at radius 1 is 1.00 bits per heavy atom. The number of allylic oxidation sites excluding steroid dienone is 1. The Hall–Kier alpha value is -5.10. The van der Waals surface area contributed by atoms with Crippen molar-refractivity contribution >= 4 is 17.6 Å². The average Bonchev–Trinajstić information content (AvgIpc) is 2.92. The number of hydrogen-bond acceptors (Lipinski definition) is 9. The summed E-state index contributed by atoms with van der Waals surface area (Å²) in [6, 6.07) is 20.6. The molecule has 4 rings (SSSR count). The van der Waals surface area contributed by atoms with E-state index < -0.39 is 17.9 Å². The number of pyridine rings is 1. The van der Waals surface area contributed by atoms with Crippen molar-refractivity contribution < 1.29 is 24.2 Å². The molecule has 3 aromatic rings. The van der Waals surface area contributed by atoms with Gasteiger partial charge in [-0.25, -0.2) is 9.59 Å². The van der Waals surface area contributed by atoms with E-state index in [1.54, 1.807) is 66.9 Å². The highest BCUT2D eigenvalue weighted by Gasteiger charge is 2.42. The number of nitrogens with two attached hydrogens (primary N) is 1. The van der Waals surface area contributed by atoms with Gasteiger partial charge in [-0.1, -0.05) is 42.5 Å². The van der Waals surface area contributed by atoms with Gasteiger partial charge < -0.3 is 20.3 Å². The minimum absolute atomic E-state index is 0.00299. The second-order valence-corrected chi connectivity index (χ2v) is 7.75. The molecule has 0 aliphatic carbocycles. The van der Waals surface area contributed by atoms with E-state index in [4.69, 9.17) is 15.2 Å². The maximum atomic E-state index is 13.1. The van der Waals surface area contributed by atoms with Crippen LogP contribution in [-0.4, -0.2) is 36.2 Å². The van der Waals surface area contributed by atoms with Gasteiger partial charge >= 0.3 is 11.9 Å². The Morgan fingerprint density at radius 2 is 1.67 bits per heavy atom. The molecule has 0 fully saturated rings. The normalized spacial score (nSPS) is 15.4. The van der Waals surface area contributed by atoms with Crippen LogP contribution >= 0.6 is 0 Å². The molecular formula is C27H22N4O5. The number of carbonyl (C=O) groups is 2. The molecule has 0 amide bonds. The predicted octanol–water partition coefficient (Wildman–Crippen LogP) is 3.35. The van der Waals surface area contributed by atoms with Crippen LogP contribution < -0.4 is 10.6 Å². The zero-order valence-electron chi connectivity index (χ0n) is 19.5. The summed E-state index contributed by atoms with van der Waals surface area (Å²) >= 11 is 0. The van der Waals surface area contributed by atoms with Gasteiger partial charge in [-0.2, -0.15) is 5.26 Å². The van der Waals surface area contributed by atoms with Gasteiger partial charge in [-0.15, -0.1) is 0 Å². The molecule has 2 heterocycles. The fourth-order valence-electron chi connectivity index (χ4n) is 4.17. The highest BCUT2D eigenvalue weighted by Crippen LogP contribution is 2.43. The second kappa shape index (κ2) is 10.0. The van der Waals surface area contributed by atoms with E-state index in [1.807, 2.05) is 0 Å². The highest BCUT2D eigenvalue weighted by molar-refractivity contribution is 6.06. The van der Waals surface area contributed by atoms with Gasteiger partial charge in [0, 0.05) is 17.4 Å². The lowest BCUT2D eigenvalue weighted by atomic mass is 9.81. The van der Waals surface area contributed by atoms with Crippen LogP contribution in [0.5, 0.6) is 5.75 Å². The Labute approximate surface area is 207 Å². The molecule has 0 saturated heterocycles. The van der Waals surface area contributed by atoms with E-state index in [0.29, 0.717) is 22.5 Å². The van der Waals surface area contributed by atoms with Crippen LogP contribution in [-0.2, 0) is 19.1 Å². The molecule has 180 valence electrons. The van der Waals surface area contributed by atoms with Gasteiger partial charge in [0.25, 0.3) is 0 Å². The lowest BCUT2D eigenvalue weighted by molar-refractivity contribution is -0.139. The van der Waals surface area contributed by atoms with Crippen LogP contribution in [0.3, 0.4) is 0 Å². The minimum Gasteiger partial charge on any atom is -0.506 e. The van der Waals surface area contributed by atoms with Crippen LogP contribution in [0.4, 0.5) is 5.69 Å². The summed E-state index contributed by atoms with van der Waals surface area (Å²) in [5.74, 6) is -2.61. The minimum atomic E-state index is -0.946. The molecule has 0 saturated carbocycles. The van der Waals surface area contributed by atoms with Crippen LogP contribution in [0, 0.1) is 11.3 Å². The summed E-state index contributed by atoms with van der Waals surface area (Å²) in [5, 5.41) is 20.2. The SMILES string of the molecule is COC(=O)C1=C(C(=O)OC)N(c2ccc(-c3ncccc3O)cc2)C(N)=C(C#N)C1c1ccccc1. The molecular weight excluding hydrogens is 460 g/mol. The van der Waals surface area contributed by atoms with Crippen molar-refractivity contribution in [2.24, 2.45) is 5.73 Å². The van der Waals surface area contributed by atoms with Crippen LogP contribution in [0.1, 0.15) is 11.5 Å². The van der Waals surface area contributed by atoms with Crippen molar-refractivity contribution in [2.75, 3.05) is 19.1 Å². The van der Waals surface area contributed by atoms with E-state index >= 15 is 0 Å². The number of nitriles is 1. The Morgan fingerprint density at radius 3 is 2.25 bits per heavy atom. The average molecular weight is 482 g/mol. The van der Waals surface area contributed by atoms with Gasteiger partial charge in [-0.3, -0.25) is 9.88 Å². The van der Waals surface area contributed by atoms with Gasteiger partial charge in [0.05, 0.1) is 37.4 Å². The first-order valence-electron chi connectivity index (χ1n) is 10.8. The number of carbonyl (C=O) groups excluding carboxylic acids is 2. The zero-order valence-corrected chi connectivity index (χ0v) is 19.5. The topological polar surface area (TPSA) is 139 Å². The number of ether oxygens (including phenoxy) is 2. The number of anilines is 1. The van der Waals surface area contributed by atoms with Crippen molar-refractivity contribution in [3.63, 3.8) is 0 Å². The Kier molecular flexibility index (Phi) is 6.70. The van der Waals surface area contributed by atoms with Crippen molar-refractivity contribution in [1.82, 2.24) is 4.98 Å². The summed E-state index contributed by atoms with van der Waals surface area (Å²) in [7, 11) is 2.38. The lowest BCUT2D eigenvalue weighted by Gasteiger charge is -2.35. The fraction of sp³-hybridized carbons (Fsp3) is 0.111. The van der Waals surface area contributed by atoms with Gasteiger partial charge in [-0.05, 0) is 29.8 Å². The van der Waals surface area contributed by atoms with Crippen LogP contribution in [0.2, 0.25) is 0 Å². The monoisotopic (exact) mass is 482 g/mol. The van der Waals surface area contributed by atoms with E-state index in [0.717, 1.165) is 0 Å². The molecule has 1 aliphatic rings. The first kappa shape index (κ1) is 24.0. The number of hydrogen-bond donors (Lipinski definition) is 2. The summed E-state index contributed by atoms with van der Waals surface area (Å²) in [4.78, 5) is 31.7. The van der Waals surface area contributed by atoms with Crippen molar-refractivity contribution in [2.45, 2.75) is 5.92 Å². The molecule has 0 radical (unpaired) electrons. The molecule has 36 heavy (non-hydrogen) atoms. The quantitative estimate of drug-likeness (QED) is 0.524. The summed E-state index contributed by atoms with van der Waals surface area (Å²) in [6.07, 6.45) is 1.55. The third-order valence-corrected chi connectivity index (χ3v) is 5.80. The van der Waals surface area contributed by atoms with Crippen molar-refractivity contribution in [3.8, 4) is 23.1 Å². The Balaban J connectivity index is 1.95. The van der Waals surface area contributed by atoms with Crippen LogP contribution in [0.15, 0.2) is 95.6 Å². The smallest absolute Gasteiger partial charge is 0.355 e. The number of nitrogens with zero attached hydrogens (tertiary/aromatic N) is 3. The van der Waals surface area contributed by atoms with Gasteiger partial charge in [0.15, 0.2) is 0 Å². The zero-order chi connectivity index (χ0) is 25.8. The molecule has 2 aromatic carbocycles. The first-order valence-corrected chi connectivity index (χ1v) is 10.8. The maximum Gasteiger partial charge on any atom is 0.355 e.